The number of hydrogen-bond donors (Lipinski definition) is 1. The van der Waals surface area contributed by atoms with E-state index < -0.39 is 0 Å². The molecule has 0 spiro atoms. The van der Waals surface area contributed by atoms with Crippen molar-refractivity contribution >= 4 is 0 Å². The molecule has 0 aromatic heterocycles. The van der Waals surface area contributed by atoms with Crippen molar-refractivity contribution in [1.29, 1.82) is 0 Å². The quantitative estimate of drug-likeness (QED) is 0.785. The molecule has 0 saturated heterocycles. The third kappa shape index (κ3) is 1.44. The van der Waals surface area contributed by atoms with E-state index >= 15 is 0 Å². The molecule has 0 radical (unpaired) electrons. The Morgan fingerprint density at radius 2 is 2.06 bits per heavy atom. The van der Waals surface area contributed by atoms with E-state index in [0.29, 0.717) is 6.10 Å². The molecule has 1 aliphatic heterocycles. The summed E-state index contributed by atoms with van der Waals surface area (Å²) in [6, 6.07) is 6.35. The van der Waals surface area contributed by atoms with Crippen molar-refractivity contribution < 1.29 is 4.74 Å². The number of fused-ring (bicyclic) bond motifs is 1. The summed E-state index contributed by atoms with van der Waals surface area (Å²) in [6.45, 7) is 2.13. The van der Waals surface area contributed by atoms with E-state index in [-0.39, 0.29) is 5.54 Å². The van der Waals surface area contributed by atoms with E-state index in [0.717, 1.165) is 25.0 Å². The second kappa shape index (κ2) is 3.49. The van der Waals surface area contributed by atoms with Crippen LogP contribution in [0.3, 0.4) is 0 Å². The molecule has 1 heterocycles. The predicted octanol–water partition coefficient (Wildman–Crippen LogP) is 2.74. The van der Waals surface area contributed by atoms with Crippen molar-refractivity contribution in [3.8, 4) is 5.75 Å². The Bertz CT molecular complexity index is 407. The summed E-state index contributed by atoms with van der Waals surface area (Å²) in [6.07, 6.45) is 6.09. The molecule has 16 heavy (non-hydrogen) atoms. The van der Waals surface area contributed by atoms with Crippen molar-refractivity contribution in [3.63, 3.8) is 0 Å². The van der Waals surface area contributed by atoms with Crippen molar-refractivity contribution in [2.75, 3.05) is 0 Å². The van der Waals surface area contributed by atoms with Gasteiger partial charge in [0.05, 0.1) is 0 Å². The summed E-state index contributed by atoms with van der Waals surface area (Å²) in [7, 11) is 0. The summed E-state index contributed by atoms with van der Waals surface area (Å²) in [5.74, 6) is 1.06. The molecule has 1 saturated carbocycles. The molecule has 1 atom stereocenters. The van der Waals surface area contributed by atoms with Crippen LogP contribution in [0.2, 0.25) is 0 Å². The van der Waals surface area contributed by atoms with Gasteiger partial charge in [-0.1, -0.05) is 25.0 Å². The van der Waals surface area contributed by atoms with Crippen LogP contribution in [0.5, 0.6) is 5.75 Å². The fraction of sp³-hybridized carbons (Fsp3) is 0.571. The highest BCUT2D eigenvalue weighted by atomic mass is 16.5. The average molecular weight is 217 g/mol. The van der Waals surface area contributed by atoms with Gasteiger partial charge in [0.2, 0.25) is 0 Å². The van der Waals surface area contributed by atoms with Gasteiger partial charge in [0.15, 0.2) is 0 Å². The minimum Gasteiger partial charge on any atom is -0.490 e. The Kier molecular flexibility index (Phi) is 2.21. The van der Waals surface area contributed by atoms with Crippen LogP contribution in [-0.2, 0) is 12.0 Å². The molecule has 0 bridgehead atoms. The van der Waals surface area contributed by atoms with Gasteiger partial charge in [0, 0.05) is 17.5 Å². The van der Waals surface area contributed by atoms with E-state index in [4.69, 9.17) is 10.5 Å². The van der Waals surface area contributed by atoms with Crippen LogP contribution in [0.4, 0.5) is 0 Å². The lowest BCUT2D eigenvalue weighted by Crippen LogP contribution is -2.34. The van der Waals surface area contributed by atoms with Crippen LogP contribution in [0.1, 0.15) is 43.7 Å². The first-order valence-electron chi connectivity index (χ1n) is 6.27. The number of hydrogen-bond acceptors (Lipinski definition) is 2. The van der Waals surface area contributed by atoms with Gasteiger partial charge in [-0.2, -0.15) is 0 Å². The van der Waals surface area contributed by atoms with Gasteiger partial charge >= 0.3 is 0 Å². The number of benzene rings is 1. The first kappa shape index (κ1) is 10.2. The molecule has 1 unspecified atom stereocenters. The van der Waals surface area contributed by atoms with Crippen molar-refractivity contribution in [3.05, 3.63) is 29.3 Å². The molecular weight excluding hydrogens is 198 g/mol. The zero-order chi connectivity index (χ0) is 11.2. The summed E-state index contributed by atoms with van der Waals surface area (Å²) in [5.41, 5.74) is 9.16. The molecule has 3 rings (SSSR count). The smallest absolute Gasteiger partial charge is 0.123 e. The van der Waals surface area contributed by atoms with Crippen LogP contribution in [-0.4, -0.2) is 6.10 Å². The van der Waals surface area contributed by atoms with E-state index in [1.807, 2.05) is 0 Å². The Morgan fingerprint density at radius 1 is 1.31 bits per heavy atom. The molecule has 2 heteroatoms. The number of nitrogens with two attached hydrogens (primary N) is 1. The third-order valence-electron chi connectivity index (χ3n) is 3.98. The number of rotatable bonds is 1. The van der Waals surface area contributed by atoms with Crippen LogP contribution in [0, 0.1) is 0 Å². The van der Waals surface area contributed by atoms with Gasteiger partial charge in [-0.3, -0.25) is 0 Å². The van der Waals surface area contributed by atoms with Crippen LogP contribution < -0.4 is 10.5 Å². The predicted molar refractivity (Wildman–Crippen MR) is 64.6 cm³/mol. The lowest BCUT2D eigenvalue weighted by molar-refractivity contribution is 0.254. The molecule has 1 aromatic carbocycles. The second-order valence-electron chi connectivity index (χ2n) is 5.28. The molecule has 0 amide bonds. The normalized spacial score (nSPS) is 26.5. The van der Waals surface area contributed by atoms with Crippen molar-refractivity contribution in [2.45, 2.75) is 50.7 Å². The van der Waals surface area contributed by atoms with Crippen molar-refractivity contribution in [2.24, 2.45) is 5.73 Å². The Morgan fingerprint density at radius 3 is 2.81 bits per heavy atom. The maximum Gasteiger partial charge on any atom is 0.123 e. The Hall–Kier alpha value is -1.02. The zero-order valence-electron chi connectivity index (χ0n) is 9.83. The van der Waals surface area contributed by atoms with E-state index in [9.17, 15) is 0 Å². The van der Waals surface area contributed by atoms with Crippen LogP contribution in [0.25, 0.3) is 0 Å². The summed E-state index contributed by atoms with van der Waals surface area (Å²) in [5, 5.41) is 0. The van der Waals surface area contributed by atoms with Gasteiger partial charge in [-0.05, 0) is 31.4 Å². The topological polar surface area (TPSA) is 35.2 Å². The molecule has 1 fully saturated rings. The third-order valence-corrected chi connectivity index (χ3v) is 3.98. The molecular formula is C14H19NO. The highest BCUT2D eigenvalue weighted by Crippen LogP contribution is 2.42. The standard InChI is InChI=1S/C14H19NO/c1-10-9-11-12(5-4-6-13(11)16-10)14(15)7-2-3-8-14/h4-6,10H,2-3,7-9,15H2,1H3. The van der Waals surface area contributed by atoms with Crippen LogP contribution >= 0.6 is 0 Å². The summed E-state index contributed by atoms with van der Waals surface area (Å²) < 4.78 is 5.80. The SMILES string of the molecule is CC1Cc2c(cccc2C2(N)CCCC2)O1. The van der Waals surface area contributed by atoms with Crippen molar-refractivity contribution in [1.82, 2.24) is 0 Å². The molecule has 2 nitrogen and oxygen atoms in total. The largest absolute Gasteiger partial charge is 0.490 e. The van der Waals surface area contributed by atoms with Gasteiger partial charge < -0.3 is 10.5 Å². The summed E-state index contributed by atoms with van der Waals surface area (Å²) in [4.78, 5) is 0. The highest BCUT2D eigenvalue weighted by molar-refractivity contribution is 5.47. The minimum absolute atomic E-state index is 0.0846. The van der Waals surface area contributed by atoms with Gasteiger partial charge in [-0.25, -0.2) is 0 Å². The van der Waals surface area contributed by atoms with E-state index in [2.05, 4.69) is 25.1 Å². The fourth-order valence-corrected chi connectivity index (χ4v) is 3.17. The lowest BCUT2D eigenvalue weighted by Gasteiger charge is -2.26. The Balaban J connectivity index is 2.06. The highest BCUT2D eigenvalue weighted by Gasteiger charge is 2.35. The molecule has 2 N–H and O–H groups in total. The van der Waals surface area contributed by atoms with Crippen LogP contribution in [0.15, 0.2) is 18.2 Å². The zero-order valence-corrected chi connectivity index (χ0v) is 9.83. The first-order chi connectivity index (χ1) is 7.69. The second-order valence-corrected chi connectivity index (χ2v) is 5.28. The monoisotopic (exact) mass is 217 g/mol. The first-order valence-corrected chi connectivity index (χ1v) is 6.27. The van der Waals surface area contributed by atoms with E-state index in [1.54, 1.807) is 0 Å². The van der Waals surface area contributed by atoms with E-state index in [1.165, 1.54) is 24.0 Å². The molecule has 1 aromatic rings. The maximum absolute atomic E-state index is 6.54. The van der Waals surface area contributed by atoms with Gasteiger partial charge in [0.1, 0.15) is 11.9 Å². The molecule has 86 valence electrons. The summed E-state index contributed by atoms with van der Waals surface area (Å²) >= 11 is 0. The Labute approximate surface area is 96.8 Å². The van der Waals surface area contributed by atoms with Gasteiger partial charge in [-0.15, -0.1) is 0 Å². The maximum atomic E-state index is 6.54. The fourth-order valence-electron chi connectivity index (χ4n) is 3.17. The molecule has 1 aliphatic carbocycles. The molecule has 2 aliphatic rings. The minimum atomic E-state index is -0.0846. The van der Waals surface area contributed by atoms with Gasteiger partial charge in [0.25, 0.3) is 0 Å². The average Bonchev–Trinajstić information content (AvgIpc) is 2.83. The number of ether oxygens (including phenoxy) is 1. The lowest BCUT2D eigenvalue weighted by atomic mass is 9.85.